The van der Waals surface area contributed by atoms with E-state index >= 15 is 0 Å². The molecule has 2 aliphatic heterocycles. The van der Waals surface area contributed by atoms with E-state index in [1.165, 1.54) is 24.9 Å². The second-order valence-electron chi connectivity index (χ2n) is 8.93. The number of morpholine rings is 1. The van der Waals surface area contributed by atoms with E-state index in [0.29, 0.717) is 17.9 Å². The van der Waals surface area contributed by atoms with Crippen molar-refractivity contribution >= 4 is 11.6 Å². The van der Waals surface area contributed by atoms with Crippen LogP contribution in [0.25, 0.3) is 0 Å². The van der Waals surface area contributed by atoms with Crippen molar-refractivity contribution in [1.82, 2.24) is 15.5 Å². The first-order chi connectivity index (χ1) is 15.7. The summed E-state index contributed by atoms with van der Waals surface area (Å²) in [6.45, 7) is 12.4. The number of benzene rings is 1. The van der Waals surface area contributed by atoms with Gasteiger partial charge in [0.05, 0.1) is 20.3 Å². The first-order valence-electron chi connectivity index (χ1n) is 12.3. The Hall–Kier alpha value is -1.99. The van der Waals surface area contributed by atoms with Crippen LogP contribution in [0, 0.1) is 11.8 Å². The Bertz CT molecular complexity index is 703. The number of hydrogen-bond donors (Lipinski definition) is 2. The normalized spacial score (nSPS) is 21.1. The molecule has 2 heterocycles. The summed E-state index contributed by atoms with van der Waals surface area (Å²) in [6, 6.07) is 8.88. The maximum atomic E-state index is 5.58. The Morgan fingerprint density at radius 1 is 1.19 bits per heavy atom. The van der Waals surface area contributed by atoms with Gasteiger partial charge in [-0.15, -0.1) is 0 Å². The fraction of sp³-hybridized carbons (Fsp3) is 0.720. The molecule has 0 bridgehead atoms. The van der Waals surface area contributed by atoms with Gasteiger partial charge >= 0.3 is 0 Å². The van der Waals surface area contributed by atoms with Gasteiger partial charge in [-0.3, -0.25) is 9.89 Å². The minimum atomic E-state index is 0.516. The first-order valence-corrected chi connectivity index (χ1v) is 12.3. The molecule has 0 saturated carbocycles. The van der Waals surface area contributed by atoms with Gasteiger partial charge in [-0.2, -0.15) is 0 Å². The number of anilines is 1. The topological polar surface area (TPSA) is 61.4 Å². The molecule has 2 saturated heterocycles. The fourth-order valence-corrected chi connectivity index (χ4v) is 5.04. The van der Waals surface area contributed by atoms with E-state index in [9.17, 15) is 0 Å². The van der Waals surface area contributed by atoms with Crippen molar-refractivity contribution < 1.29 is 9.47 Å². The van der Waals surface area contributed by atoms with Gasteiger partial charge in [0, 0.05) is 64.1 Å². The highest BCUT2D eigenvalue weighted by atomic mass is 16.5. The molecule has 180 valence electrons. The van der Waals surface area contributed by atoms with Gasteiger partial charge in [0.25, 0.3) is 0 Å². The Balaban J connectivity index is 1.48. The lowest BCUT2D eigenvalue weighted by Gasteiger charge is -2.39. The highest BCUT2D eigenvalue weighted by molar-refractivity contribution is 5.79. The molecule has 7 heteroatoms. The maximum Gasteiger partial charge on any atom is 0.191 e. The van der Waals surface area contributed by atoms with Gasteiger partial charge in [0.1, 0.15) is 5.75 Å². The van der Waals surface area contributed by atoms with Crippen LogP contribution in [0.2, 0.25) is 0 Å². The highest BCUT2D eigenvalue weighted by Gasteiger charge is 2.27. The third-order valence-corrected chi connectivity index (χ3v) is 7.07. The Morgan fingerprint density at radius 2 is 1.97 bits per heavy atom. The molecular formula is C25H43N5O2. The van der Waals surface area contributed by atoms with E-state index in [0.717, 1.165) is 64.2 Å². The zero-order valence-corrected chi connectivity index (χ0v) is 20.5. The molecule has 2 atom stereocenters. The van der Waals surface area contributed by atoms with Crippen LogP contribution in [0.3, 0.4) is 0 Å². The first kappa shape index (κ1) is 24.6. The van der Waals surface area contributed by atoms with E-state index in [-0.39, 0.29) is 0 Å². The van der Waals surface area contributed by atoms with E-state index in [2.05, 4.69) is 57.5 Å². The average Bonchev–Trinajstić information content (AvgIpc) is 3.33. The fourth-order valence-electron chi connectivity index (χ4n) is 5.04. The summed E-state index contributed by atoms with van der Waals surface area (Å²) in [5, 5.41) is 7.21. The molecule has 2 N–H and O–H groups in total. The Morgan fingerprint density at radius 3 is 2.66 bits per heavy atom. The lowest BCUT2D eigenvalue weighted by Crippen LogP contribution is -2.53. The second-order valence-corrected chi connectivity index (χ2v) is 8.93. The van der Waals surface area contributed by atoms with E-state index in [4.69, 9.17) is 9.47 Å². The third-order valence-electron chi connectivity index (χ3n) is 7.07. The smallest absolute Gasteiger partial charge is 0.191 e. The average molecular weight is 446 g/mol. The van der Waals surface area contributed by atoms with Crippen molar-refractivity contribution in [2.75, 3.05) is 71.5 Å². The van der Waals surface area contributed by atoms with Crippen LogP contribution in [0.15, 0.2) is 29.3 Å². The number of aliphatic imine (C=N–C) groups is 1. The zero-order valence-electron chi connectivity index (χ0n) is 20.5. The minimum absolute atomic E-state index is 0.516. The number of ether oxygens (including phenoxy) is 2. The van der Waals surface area contributed by atoms with Crippen molar-refractivity contribution in [3.8, 4) is 5.75 Å². The predicted molar refractivity (Wildman–Crippen MR) is 133 cm³/mol. The summed E-state index contributed by atoms with van der Waals surface area (Å²) in [6.07, 6.45) is 3.59. The van der Waals surface area contributed by atoms with Gasteiger partial charge < -0.3 is 25.0 Å². The van der Waals surface area contributed by atoms with Crippen molar-refractivity contribution in [1.29, 1.82) is 0 Å². The molecule has 2 fully saturated rings. The lowest BCUT2D eigenvalue weighted by molar-refractivity contribution is 0.00272. The number of hydrogen-bond acceptors (Lipinski definition) is 5. The molecule has 2 unspecified atom stereocenters. The van der Waals surface area contributed by atoms with Gasteiger partial charge in [-0.05, 0) is 30.4 Å². The highest BCUT2D eigenvalue weighted by Crippen LogP contribution is 2.26. The SMILES string of the molecule is CCC(CC)C(CNC(=NC)NCC1CCN(c2cccc(OC)c2)C1)N1CCOCC1. The van der Waals surface area contributed by atoms with Crippen molar-refractivity contribution in [2.24, 2.45) is 16.8 Å². The van der Waals surface area contributed by atoms with Gasteiger partial charge in [-0.1, -0.05) is 32.8 Å². The maximum absolute atomic E-state index is 5.58. The summed E-state index contributed by atoms with van der Waals surface area (Å²) in [5.41, 5.74) is 1.24. The van der Waals surface area contributed by atoms with E-state index in [1.807, 2.05) is 13.1 Å². The van der Waals surface area contributed by atoms with Crippen LogP contribution in [0.4, 0.5) is 5.69 Å². The molecular weight excluding hydrogens is 402 g/mol. The van der Waals surface area contributed by atoms with Gasteiger partial charge in [0.15, 0.2) is 5.96 Å². The van der Waals surface area contributed by atoms with Crippen LogP contribution in [-0.4, -0.2) is 83.5 Å². The summed E-state index contributed by atoms with van der Waals surface area (Å²) >= 11 is 0. The predicted octanol–water partition coefficient (Wildman–Crippen LogP) is 2.82. The zero-order chi connectivity index (χ0) is 22.8. The summed E-state index contributed by atoms with van der Waals surface area (Å²) in [7, 11) is 3.59. The summed E-state index contributed by atoms with van der Waals surface area (Å²) < 4.78 is 11.0. The van der Waals surface area contributed by atoms with Gasteiger partial charge in [0.2, 0.25) is 0 Å². The van der Waals surface area contributed by atoms with Crippen molar-refractivity contribution in [3.63, 3.8) is 0 Å². The molecule has 7 nitrogen and oxygen atoms in total. The molecule has 3 rings (SSSR count). The number of nitrogens with zero attached hydrogens (tertiary/aromatic N) is 3. The summed E-state index contributed by atoms with van der Waals surface area (Å²) in [5.74, 6) is 3.12. The molecule has 1 aromatic rings. The number of guanidine groups is 1. The third kappa shape index (κ3) is 6.75. The molecule has 0 radical (unpaired) electrons. The molecule has 1 aromatic carbocycles. The van der Waals surface area contributed by atoms with Crippen LogP contribution in [0.5, 0.6) is 5.75 Å². The molecule has 0 aromatic heterocycles. The van der Waals surface area contributed by atoms with Crippen LogP contribution in [0.1, 0.15) is 33.1 Å². The molecule has 32 heavy (non-hydrogen) atoms. The number of nitrogens with one attached hydrogen (secondary N) is 2. The quantitative estimate of drug-likeness (QED) is 0.427. The van der Waals surface area contributed by atoms with Crippen molar-refractivity contribution in [3.05, 3.63) is 24.3 Å². The Labute approximate surface area is 194 Å². The molecule has 0 aliphatic carbocycles. The summed E-state index contributed by atoms with van der Waals surface area (Å²) in [4.78, 5) is 9.55. The standard InChI is InChI=1S/C25H43N5O2/c1-5-21(6-2)24(29-12-14-32-15-13-29)18-28-25(26-3)27-17-20-10-11-30(19-20)22-8-7-9-23(16-22)31-4/h7-9,16,20-21,24H,5-6,10-15,17-19H2,1-4H3,(H2,26,27,28). The Kier molecular flexibility index (Phi) is 9.93. The monoisotopic (exact) mass is 445 g/mol. The van der Waals surface area contributed by atoms with Gasteiger partial charge in [-0.25, -0.2) is 0 Å². The number of rotatable bonds is 10. The molecule has 0 spiro atoms. The number of methoxy groups -OCH3 is 1. The van der Waals surface area contributed by atoms with E-state index < -0.39 is 0 Å². The largest absolute Gasteiger partial charge is 0.497 e. The van der Waals surface area contributed by atoms with Crippen LogP contribution in [-0.2, 0) is 4.74 Å². The second kappa shape index (κ2) is 12.9. The molecule has 2 aliphatic rings. The van der Waals surface area contributed by atoms with E-state index in [1.54, 1.807) is 7.11 Å². The van der Waals surface area contributed by atoms with Crippen molar-refractivity contribution in [2.45, 2.75) is 39.2 Å². The minimum Gasteiger partial charge on any atom is -0.497 e. The van der Waals surface area contributed by atoms with Crippen LogP contribution < -0.4 is 20.3 Å². The molecule has 0 amide bonds. The lowest BCUT2D eigenvalue weighted by atomic mass is 9.92. The van der Waals surface area contributed by atoms with Crippen LogP contribution >= 0.6 is 0 Å².